The van der Waals surface area contributed by atoms with E-state index in [-0.39, 0.29) is 17.5 Å². The number of carboxylic acid groups (broad SMARTS) is 1. The Bertz CT molecular complexity index is 409. The predicted molar refractivity (Wildman–Crippen MR) is 65.2 cm³/mol. The maximum Gasteiger partial charge on any atom is 0.335 e. The summed E-state index contributed by atoms with van der Waals surface area (Å²) in [4.78, 5) is 22.4. The van der Waals surface area contributed by atoms with Gasteiger partial charge >= 0.3 is 5.97 Å². The Kier molecular flexibility index (Phi) is 4.26. The Morgan fingerprint density at radius 1 is 1.06 bits per heavy atom. The van der Waals surface area contributed by atoms with Gasteiger partial charge in [0.1, 0.15) is 0 Å². The Morgan fingerprint density at radius 3 is 1.94 bits per heavy atom. The molecule has 0 bridgehead atoms. The van der Waals surface area contributed by atoms with Gasteiger partial charge in [-0.3, -0.25) is 4.79 Å². The molecular formula is C13H17NO3. The fourth-order valence-corrected chi connectivity index (χ4v) is 1.22. The first-order valence-corrected chi connectivity index (χ1v) is 5.56. The highest BCUT2D eigenvalue weighted by Crippen LogP contribution is 2.06. The Balaban J connectivity index is 2.73. The lowest BCUT2D eigenvalue weighted by atomic mass is 10.1. The van der Waals surface area contributed by atoms with Crippen molar-refractivity contribution in [3.8, 4) is 0 Å². The molecule has 2 N–H and O–H groups in total. The van der Waals surface area contributed by atoms with Gasteiger partial charge in [0.25, 0.3) is 5.91 Å². The summed E-state index contributed by atoms with van der Waals surface area (Å²) in [7, 11) is 0. The number of carboxylic acids is 1. The molecule has 92 valence electrons. The maximum absolute atomic E-state index is 11.8. The number of nitrogens with one attached hydrogen (secondary N) is 1. The number of aromatic carboxylic acids is 1. The lowest BCUT2D eigenvalue weighted by molar-refractivity contribution is 0.0696. The summed E-state index contributed by atoms with van der Waals surface area (Å²) in [5.74, 6) is -0.812. The van der Waals surface area contributed by atoms with Crippen LogP contribution in [0, 0.1) is 5.92 Å². The highest BCUT2D eigenvalue weighted by molar-refractivity contribution is 5.96. The molecule has 4 nitrogen and oxygen atoms in total. The molecule has 0 saturated carbocycles. The number of amides is 1. The second kappa shape index (κ2) is 5.48. The van der Waals surface area contributed by atoms with Crippen LogP contribution in [0.15, 0.2) is 24.3 Å². The molecule has 0 aliphatic heterocycles. The monoisotopic (exact) mass is 235 g/mol. The summed E-state index contributed by atoms with van der Waals surface area (Å²) in [5.41, 5.74) is 0.654. The van der Waals surface area contributed by atoms with Crippen molar-refractivity contribution in [1.29, 1.82) is 0 Å². The molecule has 1 amide bonds. The van der Waals surface area contributed by atoms with Gasteiger partial charge in [0, 0.05) is 11.6 Å². The number of carbonyl (C=O) groups is 2. The van der Waals surface area contributed by atoms with E-state index >= 15 is 0 Å². The first-order valence-electron chi connectivity index (χ1n) is 5.56. The van der Waals surface area contributed by atoms with Crippen molar-refractivity contribution in [2.24, 2.45) is 5.92 Å². The quantitative estimate of drug-likeness (QED) is 0.840. The molecule has 0 radical (unpaired) electrons. The summed E-state index contributed by atoms with van der Waals surface area (Å²) in [6, 6.07) is 5.98. The molecule has 0 saturated heterocycles. The highest BCUT2D eigenvalue weighted by Gasteiger charge is 2.12. The Labute approximate surface area is 101 Å². The standard InChI is InChI=1S/C13H17NO3/c1-8(2)9(3)14-12(15)10-4-6-11(7-5-10)13(16)17/h4-9H,1-3H3,(H,14,15)(H,16,17). The van der Waals surface area contributed by atoms with Gasteiger partial charge < -0.3 is 10.4 Å². The number of hydrogen-bond acceptors (Lipinski definition) is 2. The van der Waals surface area contributed by atoms with Crippen LogP contribution in [0.1, 0.15) is 41.5 Å². The van der Waals surface area contributed by atoms with Crippen molar-refractivity contribution in [3.63, 3.8) is 0 Å². The number of carbonyl (C=O) groups excluding carboxylic acids is 1. The molecule has 0 heterocycles. The van der Waals surface area contributed by atoms with Crippen LogP contribution in [0.4, 0.5) is 0 Å². The van der Waals surface area contributed by atoms with Gasteiger partial charge in [0.2, 0.25) is 0 Å². The Hall–Kier alpha value is -1.84. The topological polar surface area (TPSA) is 66.4 Å². The smallest absolute Gasteiger partial charge is 0.335 e. The van der Waals surface area contributed by atoms with Crippen LogP contribution >= 0.6 is 0 Å². The van der Waals surface area contributed by atoms with E-state index in [1.54, 1.807) is 0 Å². The Morgan fingerprint density at radius 2 is 1.53 bits per heavy atom. The van der Waals surface area contributed by atoms with Crippen molar-refractivity contribution in [2.75, 3.05) is 0 Å². The highest BCUT2D eigenvalue weighted by atomic mass is 16.4. The van der Waals surface area contributed by atoms with E-state index in [1.807, 2.05) is 20.8 Å². The second-order valence-electron chi connectivity index (χ2n) is 4.39. The predicted octanol–water partition coefficient (Wildman–Crippen LogP) is 2.16. The molecule has 0 aliphatic rings. The summed E-state index contributed by atoms with van der Waals surface area (Å²) >= 11 is 0. The molecule has 1 aromatic rings. The van der Waals surface area contributed by atoms with Gasteiger partial charge in [0.15, 0.2) is 0 Å². The summed E-state index contributed by atoms with van der Waals surface area (Å²) < 4.78 is 0. The number of rotatable bonds is 4. The molecule has 1 unspecified atom stereocenters. The van der Waals surface area contributed by atoms with Gasteiger partial charge in [-0.15, -0.1) is 0 Å². The third-order valence-electron chi connectivity index (χ3n) is 2.75. The van der Waals surface area contributed by atoms with E-state index in [0.717, 1.165) is 0 Å². The zero-order chi connectivity index (χ0) is 13.0. The van der Waals surface area contributed by atoms with E-state index in [9.17, 15) is 9.59 Å². The lowest BCUT2D eigenvalue weighted by Crippen LogP contribution is -2.36. The van der Waals surface area contributed by atoms with Crippen LogP contribution in [-0.2, 0) is 0 Å². The van der Waals surface area contributed by atoms with E-state index in [2.05, 4.69) is 5.32 Å². The zero-order valence-electron chi connectivity index (χ0n) is 10.2. The zero-order valence-corrected chi connectivity index (χ0v) is 10.2. The van der Waals surface area contributed by atoms with E-state index in [0.29, 0.717) is 11.5 Å². The normalized spacial score (nSPS) is 12.2. The minimum atomic E-state index is -0.993. The van der Waals surface area contributed by atoms with Crippen LogP contribution < -0.4 is 5.32 Å². The first-order chi connectivity index (χ1) is 7.91. The minimum Gasteiger partial charge on any atom is -0.478 e. The molecule has 1 atom stereocenters. The second-order valence-corrected chi connectivity index (χ2v) is 4.39. The van der Waals surface area contributed by atoms with Crippen molar-refractivity contribution < 1.29 is 14.7 Å². The van der Waals surface area contributed by atoms with Crippen LogP contribution in [-0.4, -0.2) is 23.0 Å². The third-order valence-corrected chi connectivity index (χ3v) is 2.75. The van der Waals surface area contributed by atoms with E-state index < -0.39 is 5.97 Å². The first kappa shape index (κ1) is 13.2. The lowest BCUT2D eigenvalue weighted by Gasteiger charge is -2.17. The van der Waals surface area contributed by atoms with Gasteiger partial charge in [0.05, 0.1) is 5.56 Å². The molecule has 0 aliphatic carbocycles. The van der Waals surface area contributed by atoms with E-state index in [1.165, 1.54) is 24.3 Å². The van der Waals surface area contributed by atoms with Gasteiger partial charge in [-0.05, 0) is 37.1 Å². The molecule has 1 aromatic carbocycles. The van der Waals surface area contributed by atoms with Crippen LogP contribution in [0.3, 0.4) is 0 Å². The number of hydrogen-bond donors (Lipinski definition) is 2. The molecule has 17 heavy (non-hydrogen) atoms. The van der Waals surface area contributed by atoms with E-state index in [4.69, 9.17) is 5.11 Å². The summed E-state index contributed by atoms with van der Waals surface area (Å²) in [6.07, 6.45) is 0. The minimum absolute atomic E-state index is 0.0849. The molecule has 4 heteroatoms. The summed E-state index contributed by atoms with van der Waals surface area (Å²) in [6.45, 7) is 5.99. The van der Waals surface area contributed by atoms with Crippen LogP contribution in [0.2, 0.25) is 0 Å². The van der Waals surface area contributed by atoms with Crippen molar-refractivity contribution in [2.45, 2.75) is 26.8 Å². The third kappa shape index (κ3) is 3.59. The van der Waals surface area contributed by atoms with Crippen molar-refractivity contribution in [3.05, 3.63) is 35.4 Å². The number of benzene rings is 1. The van der Waals surface area contributed by atoms with Crippen molar-refractivity contribution >= 4 is 11.9 Å². The largest absolute Gasteiger partial charge is 0.478 e. The average Bonchev–Trinajstić information content (AvgIpc) is 2.28. The van der Waals surface area contributed by atoms with Crippen LogP contribution in [0.25, 0.3) is 0 Å². The molecule has 0 spiro atoms. The van der Waals surface area contributed by atoms with Gasteiger partial charge in [-0.1, -0.05) is 13.8 Å². The van der Waals surface area contributed by atoms with Crippen molar-refractivity contribution in [1.82, 2.24) is 5.32 Å². The maximum atomic E-state index is 11.8. The van der Waals surface area contributed by atoms with Crippen LogP contribution in [0.5, 0.6) is 0 Å². The SMILES string of the molecule is CC(C)C(C)NC(=O)c1ccc(C(=O)O)cc1. The van der Waals surface area contributed by atoms with Gasteiger partial charge in [-0.25, -0.2) is 4.79 Å². The summed E-state index contributed by atoms with van der Waals surface area (Å²) in [5, 5.41) is 11.6. The fourth-order valence-electron chi connectivity index (χ4n) is 1.22. The molecular weight excluding hydrogens is 218 g/mol. The molecule has 0 fully saturated rings. The molecule has 1 rings (SSSR count). The fraction of sp³-hybridized carbons (Fsp3) is 0.385. The average molecular weight is 235 g/mol. The molecule has 0 aromatic heterocycles. The van der Waals surface area contributed by atoms with Gasteiger partial charge in [-0.2, -0.15) is 0 Å².